The zero-order valence-electron chi connectivity index (χ0n) is 25.0. The summed E-state index contributed by atoms with van der Waals surface area (Å²) in [5, 5.41) is 18.1. The number of aryl methyl sites for hydroxylation is 1. The Morgan fingerprint density at radius 3 is 2.40 bits per heavy atom. The van der Waals surface area contributed by atoms with Gasteiger partial charge in [-0.25, -0.2) is 4.68 Å². The van der Waals surface area contributed by atoms with Gasteiger partial charge in [-0.1, -0.05) is 72.3 Å². The minimum absolute atomic E-state index is 0.0330. The van der Waals surface area contributed by atoms with Crippen molar-refractivity contribution in [3.63, 3.8) is 0 Å². The minimum atomic E-state index is -4.84. The van der Waals surface area contributed by atoms with Crippen LogP contribution >= 0.6 is 22.9 Å². The molecule has 238 valence electrons. The highest BCUT2D eigenvalue weighted by Crippen LogP contribution is 2.33. The first-order valence-electron chi connectivity index (χ1n) is 14.4. The lowest BCUT2D eigenvalue weighted by atomic mass is 10.1. The molecular formula is C36H23ClF3N5O2S. The van der Waals surface area contributed by atoms with Gasteiger partial charge in [0.25, 0.3) is 11.5 Å². The van der Waals surface area contributed by atoms with E-state index >= 15 is 0 Å². The Morgan fingerprint density at radius 1 is 0.979 bits per heavy atom. The number of alkyl halides is 3. The van der Waals surface area contributed by atoms with E-state index in [1.165, 1.54) is 18.2 Å². The largest absolute Gasteiger partial charge is 0.418 e. The summed E-state index contributed by atoms with van der Waals surface area (Å²) in [6, 6.07) is 29.3. The maximum atomic E-state index is 14.3. The number of benzene rings is 4. The summed E-state index contributed by atoms with van der Waals surface area (Å²) >= 11 is 7.02. The van der Waals surface area contributed by atoms with Crippen LogP contribution < -0.4 is 20.1 Å². The summed E-state index contributed by atoms with van der Waals surface area (Å²) in [5.41, 5.74) is 0.333. The minimum Gasteiger partial charge on any atom is -0.321 e. The molecule has 0 saturated carbocycles. The average Bonchev–Trinajstić information content (AvgIpc) is 3.63. The normalized spacial score (nSPS) is 12.5. The van der Waals surface area contributed by atoms with Crippen molar-refractivity contribution in [2.75, 3.05) is 5.32 Å². The molecule has 1 N–H and O–H groups in total. The monoisotopic (exact) mass is 681 g/mol. The maximum Gasteiger partial charge on any atom is 0.418 e. The van der Waals surface area contributed by atoms with Crippen molar-refractivity contribution < 1.29 is 18.0 Å². The summed E-state index contributed by atoms with van der Waals surface area (Å²) in [5.74, 6) is -0.880. The molecule has 4 aromatic carbocycles. The van der Waals surface area contributed by atoms with Crippen molar-refractivity contribution in [1.82, 2.24) is 14.3 Å². The highest BCUT2D eigenvalue weighted by molar-refractivity contribution is 7.07. The Kier molecular flexibility index (Phi) is 8.86. The number of carbonyl (C=O) groups excluding carboxylic acids is 1. The number of aromatic nitrogens is 3. The fourth-order valence-electron chi connectivity index (χ4n) is 5.08. The average molecular weight is 682 g/mol. The molecule has 0 aliphatic carbocycles. The third-order valence-corrected chi connectivity index (χ3v) is 8.70. The number of nitrogens with one attached hydrogen (secondary N) is 1. The first kappa shape index (κ1) is 32.2. The number of para-hydroxylation sites is 3. The van der Waals surface area contributed by atoms with Crippen molar-refractivity contribution >= 4 is 46.2 Å². The van der Waals surface area contributed by atoms with Gasteiger partial charge in [-0.15, -0.1) is 11.3 Å². The summed E-state index contributed by atoms with van der Waals surface area (Å²) in [6.45, 7) is 1.75. The number of hydrogen-bond donors (Lipinski definition) is 1. The van der Waals surface area contributed by atoms with Gasteiger partial charge in [0.15, 0.2) is 5.57 Å². The molecule has 48 heavy (non-hydrogen) atoms. The Labute approximate surface area is 280 Å². The lowest BCUT2D eigenvalue weighted by Gasteiger charge is -2.13. The van der Waals surface area contributed by atoms with Crippen LogP contribution in [-0.4, -0.2) is 20.3 Å². The molecule has 12 heteroatoms. The summed E-state index contributed by atoms with van der Waals surface area (Å²) < 4.78 is 44.9. The Bertz CT molecular complexity index is 2410. The van der Waals surface area contributed by atoms with Crippen LogP contribution in [0.5, 0.6) is 0 Å². The first-order valence-corrected chi connectivity index (χ1v) is 15.6. The standard InChI is InChI=1S/C36H23ClF3N5O2S/c1-22-10-5-7-16-29(22)42-33(46)27(20-41)35-45(30-17-8-6-15-28(30)36(38,39)40)34(47)31(48-35)19-24-21-44(26-13-3-2-4-14-26)43-32(24)23-11-9-12-25(37)18-23/h2-19,21H,1H3,(H,42,46)/b31-19+,35-27-. The number of anilines is 1. The molecule has 0 aliphatic heterocycles. The van der Waals surface area contributed by atoms with Crippen LogP contribution in [-0.2, 0) is 11.0 Å². The quantitative estimate of drug-likeness (QED) is 0.208. The number of nitriles is 1. The highest BCUT2D eigenvalue weighted by atomic mass is 35.5. The van der Waals surface area contributed by atoms with Crippen molar-refractivity contribution in [2.24, 2.45) is 0 Å². The number of amides is 1. The third kappa shape index (κ3) is 6.44. The smallest absolute Gasteiger partial charge is 0.321 e. The van der Waals surface area contributed by atoms with Gasteiger partial charge in [-0.2, -0.15) is 23.5 Å². The second-order valence-electron chi connectivity index (χ2n) is 10.6. The van der Waals surface area contributed by atoms with Crippen molar-refractivity contribution in [1.29, 1.82) is 5.26 Å². The molecule has 0 spiro atoms. The molecule has 2 aromatic heterocycles. The van der Waals surface area contributed by atoms with E-state index in [-0.39, 0.29) is 9.20 Å². The fourth-order valence-corrected chi connectivity index (χ4v) is 6.35. The lowest BCUT2D eigenvalue weighted by molar-refractivity contribution is -0.137. The topological polar surface area (TPSA) is 92.7 Å². The van der Waals surface area contributed by atoms with Gasteiger partial charge in [-0.05, 0) is 61.0 Å². The van der Waals surface area contributed by atoms with Gasteiger partial charge in [0, 0.05) is 28.0 Å². The predicted octanol–water partition coefficient (Wildman–Crippen LogP) is 6.87. The van der Waals surface area contributed by atoms with E-state index in [1.54, 1.807) is 66.3 Å². The lowest BCUT2D eigenvalue weighted by Crippen LogP contribution is -2.33. The van der Waals surface area contributed by atoms with Crippen LogP contribution in [0.1, 0.15) is 16.7 Å². The second-order valence-corrected chi connectivity index (χ2v) is 12.0. The van der Waals surface area contributed by atoms with E-state index in [4.69, 9.17) is 16.7 Å². The number of nitrogens with zero attached hydrogens (tertiary/aromatic N) is 4. The van der Waals surface area contributed by atoms with Crippen LogP contribution in [0.2, 0.25) is 5.02 Å². The van der Waals surface area contributed by atoms with Crippen LogP contribution in [0.4, 0.5) is 18.9 Å². The van der Waals surface area contributed by atoms with Crippen LogP contribution in [0.15, 0.2) is 114 Å². The SMILES string of the molecule is Cc1ccccc1NC(=O)/C(C#N)=c1\s/c(=C/c2cn(-c3ccccc3)nc2-c2cccc(Cl)c2)c(=O)n1-c1ccccc1C(F)(F)F. The number of halogens is 4. The van der Waals surface area contributed by atoms with E-state index in [9.17, 15) is 28.0 Å². The molecule has 6 aromatic rings. The molecule has 0 radical (unpaired) electrons. The number of carbonyl (C=O) groups is 1. The molecule has 6 rings (SSSR count). The molecule has 0 bridgehead atoms. The van der Waals surface area contributed by atoms with Gasteiger partial charge in [0.05, 0.1) is 21.5 Å². The van der Waals surface area contributed by atoms with Gasteiger partial charge < -0.3 is 5.32 Å². The zero-order valence-corrected chi connectivity index (χ0v) is 26.6. The highest BCUT2D eigenvalue weighted by Gasteiger charge is 2.34. The molecule has 0 aliphatic rings. The van der Waals surface area contributed by atoms with Gasteiger partial charge in [0.1, 0.15) is 16.4 Å². The van der Waals surface area contributed by atoms with E-state index in [1.807, 2.05) is 36.4 Å². The molecule has 1 amide bonds. The van der Waals surface area contributed by atoms with Gasteiger partial charge in [-0.3, -0.25) is 14.2 Å². The Hall–Kier alpha value is -5.70. The zero-order chi connectivity index (χ0) is 34.0. The fraction of sp³-hybridized carbons (Fsp3) is 0.0556. The van der Waals surface area contributed by atoms with Crippen molar-refractivity contribution in [3.8, 4) is 28.7 Å². The number of hydrogen-bond acceptors (Lipinski definition) is 5. The number of thiazole rings is 1. The summed E-state index contributed by atoms with van der Waals surface area (Å²) in [7, 11) is 0. The molecular weight excluding hydrogens is 659 g/mol. The predicted molar refractivity (Wildman–Crippen MR) is 181 cm³/mol. The molecule has 0 saturated heterocycles. The van der Waals surface area contributed by atoms with Gasteiger partial charge >= 0.3 is 6.18 Å². The summed E-state index contributed by atoms with van der Waals surface area (Å²) in [4.78, 5) is 27.7. The van der Waals surface area contributed by atoms with Crippen molar-refractivity contribution in [3.05, 3.63) is 151 Å². The first-order chi connectivity index (χ1) is 23.0. The third-order valence-electron chi connectivity index (χ3n) is 7.37. The Balaban J connectivity index is 1.65. The van der Waals surface area contributed by atoms with Gasteiger partial charge in [0.2, 0.25) is 0 Å². The molecule has 2 heterocycles. The number of rotatable bonds is 6. The van der Waals surface area contributed by atoms with Crippen LogP contribution in [0, 0.1) is 18.3 Å². The summed E-state index contributed by atoms with van der Waals surface area (Å²) in [6.07, 6.45) is -1.68. The van der Waals surface area contributed by atoms with Crippen molar-refractivity contribution in [2.45, 2.75) is 13.1 Å². The van der Waals surface area contributed by atoms with E-state index in [0.29, 0.717) is 33.1 Å². The van der Waals surface area contributed by atoms with Crippen LogP contribution in [0.3, 0.4) is 0 Å². The Morgan fingerprint density at radius 2 is 1.69 bits per heavy atom. The van der Waals surface area contributed by atoms with Crippen LogP contribution in [0.25, 0.3) is 34.3 Å². The molecule has 0 atom stereocenters. The second kappa shape index (κ2) is 13.2. The molecule has 0 fully saturated rings. The molecule has 0 unspecified atom stereocenters. The van der Waals surface area contributed by atoms with E-state index in [2.05, 4.69) is 5.32 Å². The van der Waals surface area contributed by atoms with E-state index < -0.39 is 34.5 Å². The molecule has 7 nitrogen and oxygen atoms in total. The van der Waals surface area contributed by atoms with E-state index in [0.717, 1.165) is 33.7 Å². The maximum absolute atomic E-state index is 14.3.